The zero-order chi connectivity index (χ0) is 15.7. The molecule has 0 unspecified atom stereocenters. The summed E-state index contributed by atoms with van der Waals surface area (Å²) in [5.74, 6) is 0. The summed E-state index contributed by atoms with van der Waals surface area (Å²) in [6.07, 6.45) is 0. The molecule has 0 atom stereocenters. The van der Waals surface area contributed by atoms with Gasteiger partial charge in [-0.15, -0.1) is 0 Å². The summed E-state index contributed by atoms with van der Waals surface area (Å²) in [4.78, 5) is 0.0831. The van der Waals surface area contributed by atoms with Crippen molar-refractivity contribution in [2.24, 2.45) is 5.14 Å². The van der Waals surface area contributed by atoms with Crippen LogP contribution in [-0.2, 0) is 20.0 Å². The van der Waals surface area contributed by atoms with Gasteiger partial charge in [0.1, 0.15) is 0 Å². The standard InChI is InChI=1S/C13H14N2O4S2/c1-15(21(18,19)13-5-3-2-4-6-13)11-7-9-12(10-8-11)20(14,16)17/h2-10H,1H3,(H2,14,16,17). The van der Waals surface area contributed by atoms with Gasteiger partial charge < -0.3 is 0 Å². The number of anilines is 1. The quantitative estimate of drug-likeness (QED) is 0.911. The maximum absolute atomic E-state index is 12.4. The number of benzene rings is 2. The Labute approximate surface area is 123 Å². The van der Waals surface area contributed by atoms with Gasteiger partial charge in [-0.25, -0.2) is 22.0 Å². The normalized spacial score (nSPS) is 12.1. The lowest BCUT2D eigenvalue weighted by atomic mass is 10.3. The fourth-order valence-corrected chi connectivity index (χ4v) is 3.47. The Morgan fingerprint density at radius 2 is 1.33 bits per heavy atom. The van der Waals surface area contributed by atoms with E-state index in [1.54, 1.807) is 18.2 Å². The van der Waals surface area contributed by atoms with Crippen LogP contribution in [0.2, 0.25) is 0 Å². The van der Waals surface area contributed by atoms with E-state index in [-0.39, 0.29) is 9.79 Å². The molecule has 0 fully saturated rings. The fourth-order valence-electron chi connectivity index (χ4n) is 1.74. The summed E-state index contributed by atoms with van der Waals surface area (Å²) >= 11 is 0. The average molecular weight is 326 g/mol. The van der Waals surface area contributed by atoms with E-state index in [9.17, 15) is 16.8 Å². The molecule has 112 valence electrons. The fraction of sp³-hybridized carbons (Fsp3) is 0.0769. The summed E-state index contributed by atoms with van der Waals surface area (Å²) in [6.45, 7) is 0. The highest BCUT2D eigenvalue weighted by Gasteiger charge is 2.21. The van der Waals surface area contributed by atoms with Crippen molar-refractivity contribution in [1.82, 2.24) is 0 Å². The molecule has 21 heavy (non-hydrogen) atoms. The third-order valence-electron chi connectivity index (χ3n) is 2.93. The zero-order valence-corrected chi connectivity index (χ0v) is 12.8. The van der Waals surface area contributed by atoms with Gasteiger partial charge >= 0.3 is 0 Å². The number of hydrogen-bond acceptors (Lipinski definition) is 4. The molecule has 0 bridgehead atoms. The van der Waals surface area contributed by atoms with Gasteiger partial charge in [0.25, 0.3) is 10.0 Å². The van der Waals surface area contributed by atoms with Gasteiger partial charge in [0, 0.05) is 7.05 Å². The minimum atomic E-state index is -3.80. The van der Waals surface area contributed by atoms with E-state index >= 15 is 0 Å². The molecule has 0 heterocycles. The van der Waals surface area contributed by atoms with Crippen LogP contribution in [0.4, 0.5) is 5.69 Å². The second-order valence-corrected chi connectivity index (χ2v) is 7.86. The summed E-state index contributed by atoms with van der Waals surface area (Å²) < 4.78 is 48.2. The smallest absolute Gasteiger partial charge is 0.264 e. The van der Waals surface area contributed by atoms with Crippen LogP contribution < -0.4 is 9.44 Å². The Hall–Kier alpha value is -1.90. The largest absolute Gasteiger partial charge is 0.269 e. The van der Waals surface area contributed by atoms with Gasteiger partial charge in [-0.1, -0.05) is 18.2 Å². The first-order chi connectivity index (χ1) is 9.73. The first kappa shape index (κ1) is 15.5. The van der Waals surface area contributed by atoms with E-state index < -0.39 is 20.0 Å². The molecule has 0 aliphatic carbocycles. The molecule has 6 nitrogen and oxygen atoms in total. The zero-order valence-electron chi connectivity index (χ0n) is 11.2. The molecule has 0 saturated carbocycles. The lowest BCUT2D eigenvalue weighted by molar-refractivity contribution is 0.594. The Bertz CT molecular complexity index is 829. The molecular weight excluding hydrogens is 312 g/mol. The third-order valence-corrected chi connectivity index (χ3v) is 5.66. The molecule has 0 saturated heterocycles. The van der Waals surface area contributed by atoms with E-state index in [1.165, 1.54) is 43.4 Å². The molecule has 2 aromatic rings. The molecular formula is C13H14N2O4S2. The van der Waals surface area contributed by atoms with Crippen molar-refractivity contribution in [1.29, 1.82) is 0 Å². The van der Waals surface area contributed by atoms with Crippen LogP contribution in [0.3, 0.4) is 0 Å². The van der Waals surface area contributed by atoms with E-state index in [0.717, 1.165) is 4.31 Å². The first-order valence-electron chi connectivity index (χ1n) is 5.90. The maximum Gasteiger partial charge on any atom is 0.264 e. The molecule has 2 rings (SSSR count). The molecule has 8 heteroatoms. The number of sulfonamides is 2. The number of primary sulfonamides is 1. The molecule has 0 amide bonds. The average Bonchev–Trinajstić information content (AvgIpc) is 2.46. The predicted octanol–water partition coefficient (Wildman–Crippen LogP) is 1.16. The summed E-state index contributed by atoms with van der Waals surface area (Å²) in [6, 6.07) is 13.3. The SMILES string of the molecule is CN(c1ccc(S(N)(=O)=O)cc1)S(=O)(=O)c1ccccc1. The van der Waals surface area contributed by atoms with E-state index in [4.69, 9.17) is 5.14 Å². The Morgan fingerprint density at radius 3 is 1.81 bits per heavy atom. The summed E-state index contributed by atoms with van der Waals surface area (Å²) in [7, 11) is -6.09. The van der Waals surface area contributed by atoms with Gasteiger partial charge in [-0.05, 0) is 36.4 Å². The van der Waals surface area contributed by atoms with Crippen molar-refractivity contribution in [3.8, 4) is 0 Å². The van der Waals surface area contributed by atoms with Crippen molar-refractivity contribution in [2.75, 3.05) is 11.4 Å². The van der Waals surface area contributed by atoms with Crippen molar-refractivity contribution in [3.63, 3.8) is 0 Å². The van der Waals surface area contributed by atoms with Crippen LogP contribution in [0.15, 0.2) is 64.4 Å². The molecule has 2 aromatic carbocycles. The van der Waals surface area contributed by atoms with Crippen LogP contribution in [0, 0.1) is 0 Å². The van der Waals surface area contributed by atoms with Crippen molar-refractivity contribution >= 4 is 25.7 Å². The monoisotopic (exact) mass is 326 g/mol. The van der Waals surface area contributed by atoms with Crippen LogP contribution in [-0.4, -0.2) is 23.9 Å². The van der Waals surface area contributed by atoms with Crippen LogP contribution in [0.5, 0.6) is 0 Å². The lowest BCUT2D eigenvalue weighted by Gasteiger charge is -2.19. The first-order valence-corrected chi connectivity index (χ1v) is 8.88. The van der Waals surface area contributed by atoms with Gasteiger partial charge in [-0.3, -0.25) is 4.31 Å². The van der Waals surface area contributed by atoms with E-state index in [0.29, 0.717) is 5.69 Å². The van der Waals surface area contributed by atoms with Crippen LogP contribution >= 0.6 is 0 Å². The highest BCUT2D eigenvalue weighted by atomic mass is 32.2. The Morgan fingerprint density at radius 1 is 0.810 bits per heavy atom. The topological polar surface area (TPSA) is 97.5 Å². The summed E-state index contributed by atoms with van der Waals surface area (Å²) in [5, 5.41) is 5.00. The number of nitrogens with two attached hydrogens (primary N) is 1. The molecule has 0 radical (unpaired) electrons. The van der Waals surface area contributed by atoms with E-state index in [2.05, 4.69) is 0 Å². The van der Waals surface area contributed by atoms with Crippen LogP contribution in [0.1, 0.15) is 0 Å². The van der Waals surface area contributed by atoms with Gasteiger partial charge in [0.2, 0.25) is 10.0 Å². The predicted molar refractivity (Wildman–Crippen MR) is 79.8 cm³/mol. The maximum atomic E-state index is 12.4. The van der Waals surface area contributed by atoms with Gasteiger partial charge in [0.15, 0.2) is 0 Å². The van der Waals surface area contributed by atoms with Crippen LogP contribution in [0.25, 0.3) is 0 Å². The van der Waals surface area contributed by atoms with Gasteiger partial charge in [0.05, 0.1) is 15.5 Å². The molecule has 0 aromatic heterocycles. The Kier molecular flexibility index (Phi) is 4.04. The second kappa shape index (κ2) is 5.47. The number of nitrogens with zero attached hydrogens (tertiary/aromatic N) is 1. The molecule has 0 aliphatic rings. The highest BCUT2D eigenvalue weighted by Crippen LogP contribution is 2.22. The number of hydrogen-bond donors (Lipinski definition) is 1. The van der Waals surface area contributed by atoms with Crippen molar-refractivity contribution < 1.29 is 16.8 Å². The molecule has 2 N–H and O–H groups in total. The minimum absolute atomic E-state index is 0.0724. The minimum Gasteiger partial charge on any atom is -0.269 e. The number of rotatable bonds is 4. The van der Waals surface area contributed by atoms with Gasteiger partial charge in [-0.2, -0.15) is 0 Å². The molecule has 0 aliphatic heterocycles. The second-order valence-electron chi connectivity index (χ2n) is 4.32. The van der Waals surface area contributed by atoms with Crippen molar-refractivity contribution in [3.05, 3.63) is 54.6 Å². The third kappa shape index (κ3) is 3.23. The Balaban J connectivity index is 2.39. The lowest BCUT2D eigenvalue weighted by Crippen LogP contribution is -2.26. The van der Waals surface area contributed by atoms with E-state index in [1.807, 2.05) is 0 Å². The van der Waals surface area contributed by atoms with Crippen molar-refractivity contribution in [2.45, 2.75) is 9.79 Å². The summed E-state index contributed by atoms with van der Waals surface area (Å²) in [5.41, 5.74) is 0.339. The highest BCUT2D eigenvalue weighted by molar-refractivity contribution is 7.92. The molecule has 0 spiro atoms.